The summed E-state index contributed by atoms with van der Waals surface area (Å²) in [6, 6.07) is 0. The van der Waals surface area contributed by atoms with Crippen molar-refractivity contribution in [3.63, 3.8) is 0 Å². The van der Waals surface area contributed by atoms with Crippen molar-refractivity contribution >= 4 is 23.8 Å². The second-order valence-corrected chi connectivity index (χ2v) is 5.85. The van der Waals surface area contributed by atoms with Gasteiger partial charge in [-0.15, -0.1) is 0 Å². The molecule has 0 unspecified atom stereocenters. The van der Waals surface area contributed by atoms with E-state index in [-0.39, 0.29) is 17.8 Å². The first-order valence-corrected chi connectivity index (χ1v) is 7.55. The van der Waals surface area contributed by atoms with Gasteiger partial charge < -0.3 is 15.2 Å². The van der Waals surface area contributed by atoms with Gasteiger partial charge >= 0.3 is 12.1 Å². The van der Waals surface area contributed by atoms with Crippen LogP contribution in [0.1, 0.15) is 36.8 Å². The molecule has 0 aliphatic carbocycles. The number of thioether (sulfide) groups is 1. The van der Waals surface area contributed by atoms with Crippen molar-refractivity contribution in [1.29, 1.82) is 0 Å². The minimum absolute atomic E-state index is 0.0260. The number of rotatable bonds is 3. The molecule has 8 heteroatoms. The van der Waals surface area contributed by atoms with Crippen molar-refractivity contribution in [2.75, 3.05) is 12.8 Å². The lowest BCUT2D eigenvalue weighted by Gasteiger charge is -2.18. The number of carbonyl (C=O) groups excluding carboxylic acids is 1. The van der Waals surface area contributed by atoms with Gasteiger partial charge in [-0.25, -0.2) is 19.6 Å². The summed E-state index contributed by atoms with van der Waals surface area (Å²) in [7, 11) is 0. The Morgan fingerprint density at radius 2 is 2.14 bits per heavy atom. The highest BCUT2D eigenvalue weighted by atomic mass is 32.2. The van der Waals surface area contributed by atoms with E-state index in [9.17, 15) is 9.59 Å². The Hall–Kier alpha value is -2.27. The van der Waals surface area contributed by atoms with Gasteiger partial charge in [0, 0.05) is 6.20 Å². The van der Waals surface area contributed by atoms with E-state index in [4.69, 9.17) is 9.84 Å². The van der Waals surface area contributed by atoms with Gasteiger partial charge in [-0.1, -0.05) is 23.6 Å². The van der Waals surface area contributed by atoms with Crippen LogP contribution in [0.3, 0.4) is 0 Å². The van der Waals surface area contributed by atoms with Gasteiger partial charge in [0.25, 0.3) is 0 Å². The van der Waals surface area contributed by atoms with E-state index in [0.717, 1.165) is 0 Å². The smallest absolute Gasteiger partial charge is 0.408 e. The summed E-state index contributed by atoms with van der Waals surface area (Å²) in [5.74, 6) is 4.09. The number of carbonyl (C=O) groups is 2. The lowest BCUT2D eigenvalue weighted by Crippen LogP contribution is -2.32. The molecule has 2 N–H and O–H groups in total. The molecule has 0 spiro atoms. The summed E-state index contributed by atoms with van der Waals surface area (Å²) >= 11 is 1.24. The van der Waals surface area contributed by atoms with Crippen LogP contribution < -0.4 is 5.32 Å². The van der Waals surface area contributed by atoms with Crippen LogP contribution in [0.15, 0.2) is 11.4 Å². The molecule has 7 nitrogen and oxygen atoms in total. The number of nitrogens with one attached hydrogen (secondary N) is 1. The first-order valence-electron chi connectivity index (χ1n) is 6.33. The fraction of sp³-hybridized carbons (Fsp3) is 0.429. The molecule has 22 heavy (non-hydrogen) atoms. The quantitative estimate of drug-likeness (QED) is 0.496. The second-order valence-electron chi connectivity index (χ2n) is 5.08. The van der Waals surface area contributed by atoms with Gasteiger partial charge in [-0.2, -0.15) is 0 Å². The molecule has 0 bridgehead atoms. The first kappa shape index (κ1) is 17.8. The third-order valence-corrected chi connectivity index (χ3v) is 2.66. The number of carboxylic acids is 1. The van der Waals surface area contributed by atoms with Crippen molar-refractivity contribution in [1.82, 2.24) is 15.3 Å². The van der Waals surface area contributed by atoms with Crippen LogP contribution in [0.4, 0.5) is 4.79 Å². The molecule has 0 aliphatic rings. The zero-order valence-electron chi connectivity index (χ0n) is 12.8. The minimum Gasteiger partial charge on any atom is -0.476 e. The van der Waals surface area contributed by atoms with Crippen LogP contribution >= 0.6 is 11.8 Å². The van der Waals surface area contributed by atoms with Crippen LogP contribution in [0, 0.1) is 11.8 Å². The van der Waals surface area contributed by atoms with Gasteiger partial charge in [0.15, 0.2) is 10.9 Å². The zero-order chi connectivity index (χ0) is 16.8. The molecule has 1 aromatic rings. The standard InChI is InChI=1S/C14H17N3O4S/c1-14(2,3)21-13(20)15-7-5-6-9-8-16-12(22-4)17-10(9)11(18)19/h8H,7H2,1-4H3,(H,15,20)(H,18,19). The van der Waals surface area contributed by atoms with Crippen LogP contribution in [0.25, 0.3) is 0 Å². The Labute approximate surface area is 132 Å². The van der Waals surface area contributed by atoms with E-state index in [1.54, 1.807) is 27.0 Å². The molecule has 0 saturated carbocycles. The molecule has 0 aromatic carbocycles. The molecule has 0 fully saturated rings. The molecule has 1 rings (SSSR count). The van der Waals surface area contributed by atoms with Crippen molar-refractivity contribution in [3.8, 4) is 11.8 Å². The number of aromatic nitrogens is 2. The van der Waals surface area contributed by atoms with Crippen molar-refractivity contribution in [2.45, 2.75) is 31.5 Å². The van der Waals surface area contributed by atoms with Gasteiger partial charge in [0.05, 0.1) is 12.1 Å². The molecule has 0 radical (unpaired) electrons. The Balaban J connectivity index is 2.72. The number of hydrogen-bond acceptors (Lipinski definition) is 6. The van der Waals surface area contributed by atoms with Gasteiger partial charge in [-0.05, 0) is 27.0 Å². The zero-order valence-corrected chi connectivity index (χ0v) is 13.6. The van der Waals surface area contributed by atoms with E-state index in [2.05, 4.69) is 27.1 Å². The summed E-state index contributed by atoms with van der Waals surface area (Å²) in [6.45, 7) is 5.28. The van der Waals surface area contributed by atoms with Gasteiger partial charge in [0.1, 0.15) is 5.60 Å². The highest BCUT2D eigenvalue weighted by Crippen LogP contribution is 2.11. The predicted octanol–water partition coefficient (Wildman–Crippen LogP) is 1.77. The second kappa shape index (κ2) is 7.66. The molecule has 0 aliphatic heterocycles. The monoisotopic (exact) mass is 323 g/mol. The van der Waals surface area contributed by atoms with E-state index in [1.165, 1.54) is 18.0 Å². The molecule has 1 aromatic heterocycles. The third-order valence-electron chi connectivity index (χ3n) is 2.09. The summed E-state index contributed by atoms with van der Waals surface area (Å²) < 4.78 is 5.04. The number of aromatic carboxylic acids is 1. The van der Waals surface area contributed by atoms with Crippen LogP contribution in [-0.2, 0) is 4.74 Å². The van der Waals surface area contributed by atoms with Gasteiger partial charge in [0.2, 0.25) is 0 Å². The van der Waals surface area contributed by atoms with Crippen molar-refractivity contribution < 1.29 is 19.4 Å². The molecular weight excluding hydrogens is 306 g/mol. The minimum atomic E-state index is -1.18. The number of hydrogen-bond donors (Lipinski definition) is 2. The van der Waals surface area contributed by atoms with Gasteiger partial charge in [-0.3, -0.25) is 0 Å². The lowest BCUT2D eigenvalue weighted by molar-refractivity contribution is 0.0534. The molecule has 0 saturated heterocycles. The van der Waals surface area contributed by atoms with E-state index >= 15 is 0 Å². The van der Waals surface area contributed by atoms with Crippen molar-refractivity contribution in [2.24, 2.45) is 0 Å². The lowest BCUT2D eigenvalue weighted by atomic mass is 10.2. The summed E-state index contributed by atoms with van der Waals surface area (Å²) in [6.07, 6.45) is 2.51. The SMILES string of the molecule is CSc1ncc(C#CCNC(=O)OC(C)(C)C)c(C(=O)O)n1. The summed E-state index contributed by atoms with van der Waals surface area (Å²) in [5, 5.41) is 11.9. The fourth-order valence-electron chi connectivity index (χ4n) is 1.29. The Bertz CT molecular complexity index is 629. The van der Waals surface area contributed by atoms with E-state index in [1.807, 2.05) is 0 Å². The predicted molar refractivity (Wildman–Crippen MR) is 81.9 cm³/mol. The van der Waals surface area contributed by atoms with E-state index < -0.39 is 17.7 Å². The maximum atomic E-state index is 11.4. The van der Waals surface area contributed by atoms with Crippen molar-refractivity contribution in [3.05, 3.63) is 17.5 Å². The first-order chi connectivity index (χ1) is 10.2. The Morgan fingerprint density at radius 1 is 1.45 bits per heavy atom. The normalized spacial score (nSPS) is 10.4. The average Bonchev–Trinajstić information content (AvgIpc) is 2.41. The number of amides is 1. The Kier molecular flexibility index (Phi) is 6.19. The highest BCUT2D eigenvalue weighted by Gasteiger charge is 2.15. The molecule has 118 valence electrons. The fourth-order valence-corrected chi connectivity index (χ4v) is 1.63. The van der Waals surface area contributed by atoms with Crippen LogP contribution in [0.2, 0.25) is 0 Å². The highest BCUT2D eigenvalue weighted by molar-refractivity contribution is 7.98. The topological polar surface area (TPSA) is 101 Å². The third kappa shape index (κ3) is 6.01. The molecule has 0 atom stereocenters. The van der Waals surface area contributed by atoms with E-state index in [0.29, 0.717) is 5.16 Å². The number of nitrogens with zero attached hydrogens (tertiary/aromatic N) is 2. The molecule has 1 heterocycles. The van der Waals surface area contributed by atoms with Crippen LogP contribution in [-0.4, -0.2) is 45.5 Å². The van der Waals surface area contributed by atoms with Crippen LogP contribution in [0.5, 0.6) is 0 Å². The summed E-state index contributed by atoms with van der Waals surface area (Å²) in [5.41, 5.74) is -0.560. The maximum Gasteiger partial charge on any atom is 0.408 e. The maximum absolute atomic E-state index is 11.4. The number of alkyl carbamates (subject to hydrolysis) is 1. The summed E-state index contributed by atoms with van der Waals surface area (Å²) in [4.78, 5) is 30.4. The average molecular weight is 323 g/mol. The Morgan fingerprint density at radius 3 is 2.68 bits per heavy atom. The molecular formula is C14H17N3O4S. The number of carboxylic acid groups (broad SMARTS) is 1. The largest absolute Gasteiger partial charge is 0.476 e. The number of ether oxygens (including phenoxy) is 1. The molecule has 1 amide bonds.